The highest BCUT2D eigenvalue weighted by molar-refractivity contribution is 6.58. The van der Waals surface area contributed by atoms with Crippen LogP contribution in [0.3, 0.4) is 0 Å². The van der Waals surface area contributed by atoms with Crippen molar-refractivity contribution in [2.24, 2.45) is 0 Å². The number of aliphatic hydroxyl groups is 1. The molecule has 1 aliphatic rings. The van der Waals surface area contributed by atoms with Crippen LogP contribution in [0.25, 0.3) is 0 Å². The summed E-state index contributed by atoms with van der Waals surface area (Å²) >= 11 is 0. The molecule has 0 saturated heterocycles. The van der Waals surface area contributed by atoms with E-state index in [1.54, 1.807) is 12.1 Å². The molecule has 74 valence electrons. The topological polar surface area (TPSA) is 60.7 Å². The minimum atomic E-state index is -1.41. The smallest absolute Gasteiger partial charge is 0.423 e. The van der Waals surface area contributed by atoms with Crippen LogP contribution in [-0.4, -0.2) is 28.9 Å². The van der Waals surface area contributed by atoms with Crippen LogP contribution in [0.5, 0.6) is 0 Å². The molecule has 1 saturated carbocycles. The average molecular weight is 192 g/mol. The molecule has 1 fully saturated rings. The summed E-state index contributed by atoms with van der Waals surface area (Å²) in [6.07, 6.45) is 2.04. The Morgan fingerprint density at radius 3 is 2.07 bits per heavy atom. The highest BCUT2D eigenvalue weighted by Gasteiger charge is 2.43. The minimum Gasteiger partial charge on any atom is -0.423 e. The molecular weight excluding hydrogens is 179 g/mol. The van der Waals surface area contributed by atoms with E-state index in [4.69, 9.17) is 10.0 Å². The summed E-state index contributed by atoms with van der Waals surface area (Å²) in [4.78, 5) is 0. The summed E-state index contributed by atoms with van der Waals surface area (Å²) in [7, 11) is -1.41. The Morgan fingerprint density at radius 2 is 1.71 bits per heavy atom. The van der Waals surface area contributed by atoms with Gasteiger partial charge in [-0.15, -0.1) is 0 Å². The Labute approximate surface area is 83.2 Å². The van der Waals surface area contributed by atoms with Gasteiger partial charge >= 0.3 is 7.12 Å². The molecule has 0 atom stereocenters. The number of hydrogen-bond acceptors (Lipinski definition) is 3. The molecule has 0 unspecified atom stereocenters. The first-order valence-corrected chi connectivity index (χ1v) is 4.75. The lowest BCUT2D eigenvalue weighted by atomic mass is 9.79. The van der Waals surface area contributed by atoms with E-state index < -0.39 is 7.12 Å². The first-order valence-electron chi connectivity index (χ1n) is 4.75. The predicted octanol–water partition coefficient (Wildman–Crippen LogP) is -0.610. The zero-order valence-corrected chi connectivity index (χ0v) is 7.85. The van der Waals surface area contributed by atoms with Crippen molar-refractivity contribution in [1.29, 1.82) is 0 Å². The van der Waals surface area contributed by atoms with Crippen LogP contribution in [0.15, 0.2) is 24.3 Å². The van der Waals surface area contributed by atoms with Crippen LogP contribution in [0.2, 0.25) is 0 Å². The summed E-state index contributed by atoms with van der Waals surface area (Å²) in [5.74, 6) is 0. The van der Waals surface area contributed by atoms with Crippen molar-refractivity contribution < 1.29 is 15.2 Å². The standard InChI is InChI=1S/C10H13BO3/c12-7-10(5-6-10)8-1-3-9(4-2-8)11(13)14/h1-4,12-14H,5-7H2. The first-order chi connectivity index (χ1) is 6.68. The highest BCUT2D eigenvalue weighted by Crippen LogP contribution is 2.47. The van der Waals surface area contributed by atoms with E-state index in [9.17, 15) is 5.11 Å². The summed E-state index contributed by atoms with van der Waals surface area (Å²) in [5, 5.41) is 27.0. The van der Waals surface area contributed by atoms with E-state index in [-0.39, 0.29) is 12.0 Å². The molecule has 3 nitrogen and oxygen atoms in total. The predicted molar refractivity (Wildman–Crippen MR) is 54.3 cm³/mol. The number of aliphatic hydroxyl groups excluding tert-OH is 1. The number of benzene rings is 1. The maximum Gasteiger partial charge on any atom is 0.488 e. The molecule has 0 aliphatic heterocycles. The molecule has 0 bridgehead atoms. The van der Waals surface area contributed by atoms with E-state index in [0.717, 1.165) is 18.4 Å². The molecule has 1 aromatic rings. The second-order valence-corrected chi connectivity index (χ2v) is 3.93. The molecular formula is C10H13BO3. The molecule has 0 amide bonds. The molecule has 1 aromatic carbocycles. The van der Waals surface area contributed by atoms with Crippen LogP contribution < -0.4 is 5.46 Å². The fraction of sp³-hybridized carbons (Fsp3) is 0.400. The number of rotatable bonds is 3. The molecule has 4 heteroatoms. The molecule has 14 heavy (non-hydrogen) atoms. The van der Waals surface area contributed by atoms with Crippen molar-refractivity contribution in [3.8, 4) is 0 Å². The third-order valence-corrected chi connectivity index (χ3v) is 2.98. The molecule has 0 radical (unpaired) electrons. The van der Waals surface area contributed by atoms with Crippen molar-refractivity contribution in [1.82, 2.24) is 0 Å². The van der Waals surface area contributed by atoms with Gasteiger partial charge in [0.2, 0.25) is 0 Å². The maximum atomic E-state index is 9.19. The Morgan fingerprint density at radius 1 is 1.14 bits per heavy atom. The molecule has 2 rings (SSSR count). The SMILES string of the molecule is OCC1(c2ccc(B(O)O)cc2)CC1. The average Bonchev–Trinajstić information content (AvgIpc) is 2.99. The van der Waals surface area contributed by atoms with Gasteiger partial charge in [-0.1, -0.05) is 24.3 Å². The summed E-state index contributed by atoms with van der Waals surface area (Å²) in [6, 6.07) is 7.10. The van der Waals surface area contributed by atoms with Crippen molar-refractivity contribution in [2.45, 2.75) is 18.3 Å². The largest absolute Gasteiger partial charge is 0.488 e. The van der Waals surface area contributed by atoms with Crippen LogP contribution in [0.1, 0.15) is 18.4 Å². The summed E-state index contributed by atoms with van der Waals surface area (Å²) in [6.45, 7) is 0.175. The molecule has 3 N–H and O–H groups in total. The lowest BCUT2D eigenvalue weighted by molar-refractivity contribution is 0.255. The normalized spacial score (nSPS) is 17.9. The third kappa shape index (κ3) is 1.56. The Balaban J connectivity index is 2.22. The van der Waals surface area contributed by atoms with E-state index in [0.29, 0.717) is 5.46 Å². The van der Waals surface area contributed by atoms with E-state index in [2.05, 4.69) is 0 Å². The van der Waals surface area contributed by atoms with Crippen molar-refractivity contribution in [2.75, 3.05) is 6.61 Å². The maximum absolute atomic E-state index is 9.19. The van der Waals surface area contributed by atoms with E-state index >= 15 is 0 Å². The molecule has 0 aromatic heterocycles. The Kier molecular flexibility index (Phi) is 2.35. The van der Waals surface area contributed by atoms with Crippen molar-refractivity contribution >= 4 is 12.6 Å². The van der Waals surface area contributed by atoms with Gasteiger partial charge in [0.1, 0.15) is 0 Å². The van der Waals surface area contributed by atoms with Gasteiger partial charge in [-0.3, -0.25) is 0 Å². The van der Waals surface area contributed by atoms with Gasteiger partial charge in [0, 0.05) is 5.41 Å². The molecule has 1 aliphatic carbocycles. The Hall–Kier alpha value is -0.835. The number of hydrogen-bond donors (Lipinski definition) is 3. The monoisotopic (exact) mass is 192 g/mol. The lowest BCUT2D eigenvalue weighted by Crippen LogP contribution is -2.29. The van der Waals surface area contributed by atoms with Gasteiger partial charge in [0.25, 0.3) is 0 Å². The summed E-state index contributed by atoms with van der Waals surface area (Å²) < 4.78 is 0. The van der Waals surface area contributed by atoms with Crippen molar-refractivity contribution in [3.05, 3.63) is 29.8 Å². The van der Waals surface area contributed by atoms with Gasteiger partial charge < -0.3 is 15.2 Å². The van der Waals surface area contributed by atoms with Gasteiger partial charge in [-0.2, -0.15) is 0 Å². The van der Waals surface area contributed by atoms with Crippen LogP contribution in [0, 0.1) is 0 Å². The lowest BCUT2D eigenvalue weighted by Gasteiger charge is -2.12. The highest BCUT2D eigenvalue weighted by atomic mass is 16.4. The van der Waals surface area contributed by atoms with Gasteiger partial charge in [-0.05, 0) is 23.9 Å². The van der Waals surface area contributed by atoms with Crippen LogP contribution in [-0.2, 0) is 5.41 Å². The third-order valence-electron chi connectivity index (χ3n) is 2.98. The fourth-order valence-corrected chi connectivity index (χ4v) is 1.70. The summed E-state index contributed by atoms with van der Waals surface area (Å²) in [5.41, 5.74) is 1.53. The van der Waals surface area contributed by atoms with Gasteiger partial charge in [0.15, 0.2) is 0 Å². The zero-order valence-electron chi connectivity index (χ0n) is 7.85. The molecule has 0 heterocycles. The first kappa shape index (κ1) is 9.71. The quantitative estimate of drug-likeness (QED) is 0.560. The van der Waals surface area contributed by atoms with Crippen LogP contribution in [0.4, 0.5) is 0 Å². The molecule has 0 spiro atoms. The van der Waals surface area contributed by atoms with Crippen LogP contribution >= 0.6 is 0 Å². The Bertz CT molecular complexity index is 317. The van der Waals surface area contributed by atoms with Gasteiger partial charge in [-0.25, -0.2) is 0 Å². The fourth-order valence-electron chi connectivity index (χ4n) is 1.70. The second kappa shape index (κ2) is 3.39. The minimum absolute atomic E-state index is 0.0427. The van der Waals surface area contributed by atoms with E-state index in [1.807, 2.05) is 12.1 Å². The zero-order chi connectivity index (χ0) is 10.2. The van der Waals surface area contributed by atoms with E-state index in [1.165, 1.54) is 0 Å². The van der Waals surface area contributed by atoms with Crippen molar-refractivity contribution in [3.63, 3.8) is 0 Å². The second-order valence-electron chi connectivity index (χ2n) is 3.93. The van der Waals surface area contributed by atoms with Gasteiger partial charge in [0.05, 0.1) is 6.61 Å².